The Labute approximate surface area is 108 Å². The van der Waals surface area contributed by atoms with E-state index in [9.17, 15) is 0 Å². The highest BCUT2D eigenvalue weighted by Crippen LogP contribution is 2.24. The first-order valence-corrected chi connectivity index (χ1v) is 5.95. The van der Waals surface area contributed by atoms with Gasteiger partial charge in [-0.15, -0.1) is 6.58 Å². The van der Waals surface area contributed by atoms with Crippen LogP contribution < -0.4 is 10.5 Å². The average molecular weight is 239 g/mol. The summed E-state index contributed by atoms with van der Waals surface area (Å²) in [6.07, 6.45) is 1.71. The summed E-state index contributed by atoms with van der Waals surface area (Å²) >= 11 is 0. The van der Waals surface area contributed by atoms with Crippen LogP contribution in [0.5, 0.6) is 5.75 Å². The van der Waals surface area contributed by atoms with Crippen LogP contribution in [0.2, 0.25) is 0 Å². The van der Waals surface area contributed by atoms with Crippen molar-refractivity contribution in [2.24, 2.45) is 5.73 Å². The fourth-order valence-electron chi connectivity index (χ4n) is 1.75. The number of hydrogen-bond donors (Lipinski definition) is 1. The van der Waals surface area contributed by atoms with E-state index < -0.39 is 0 Å². The Kier molecular flexibility index (Phi) is 4.15. The Balaban J connectivity index is 2.12. The monoisotopic (exact) mass is 239 g/mol. The minimum absolute atomic E-state index is 0.197. The Bertz CT molecular complexity index is 508. The van der Waals surface area contributed by atoms with E-state index in [1.54, 1.807) is 6.08 Å². The van der Waals surface area contributed by atoms with Gasteiger partial charge in [0.2, 0.25) is 0 Å². The van der Waals surface area contributed by atoms with E-state index in [2.05, 4.69) is 6.58 Å². The molecule has 0 bridgehead atoms. The van der Waals surface area contributed by atoms with Gasteiger partial charge in [0.15, 0.2) is 0 Å². The lowest BCUT2D eigenvalue weighted by molar-refractivity contribution is 0.302. The molecular formula is C16H17NO. The Morgan fingerprint density at radius 3 is 2.44 bits per heavy atom. The van der Waals surface area contributed by atoms with E-state index in [1.165, 1.54) is 0 Å². The largest absolute Gasteiger partial charge is 0.489 e. The fourth-order valence-corrected chi connectivity index (χ4v) is 1.75. The molecule has 0 aromatic heterocycles. The normalized spacial score (nSPS) is 11.8. The van der Waals surface area contributed by atoms with Gasteiger partial charge in [-0.05, 0) is 11.6 Å². The second-order valence-corrected chi connectivity index (χ2v) is 4.07. The quantitative estimate of drug-likeness (QED) is 0.811. The number of hydrogen-bond acceptors (Lipinski definition) is 2. The number of nitrogens with two attached hydrogens (primary N) is 1. The predicted octanol–water partition coefficient (Wildman–Crippen LogP) is 3.45. The van der Waals surface area contributed by atoms with Crippen LogP contribution in [0.1, 0.15) is 17.2 Å². The SMILES string of the molecule is C=C[C@H](N)c1ccccc1OCc1ccccc1. The molecule has 0 unspecified atom stereocenters. The first-order chi connectivity index (χ1) is 8.81. The third kappa shape index (κ3) is 2.99. The zero-order valence-corrected chi connectivity index (χ0v) is 10.3. The van der Waals surface area contributed by atoms with Crippen LogP contribution in [0.4, 0.5) is 0 Å². The number of ether oxygens (including phenoxy) is 1. The molecule has 0 spiro atoms. The third-order valence-electron chi connectivity index (χ3n) is 2.77. The summed E-state index contributed by atoms with van der Waals surface area (Å²) in [5.41, 5.74) is 8.07. The van der Waals surface area contributed by atoms with Gasteiger partial charge in [-0.1, -0.05) is 54.6 Å². The molecule has 18 heavy (non-hydrogen) atoms. The molecule has 0 aliphatic rings. The topological polar surface area (TPSA) is 35.2 Å². The van der Waals surface area contributed by atoms with E-state index in [0.717, 1.165) is 16.9 Å². The highest BCUT2D eigenvalue weighted by Gasteiger charge is 2.08. The van der Waals surface area contributed by atoms with Crippen molar-refractivity contribution in [1.82, 2.24) is 0 Å². The molecule has 0 aliphatic carbocycles. The van der Waals surface area contributed by atoms with Gasteiger partial charge in [0, 0.05) is 5.56 Å². The van der Waals surface area contributed by atoms with Crippen molar-refractivity contribution in [1.29, 1.82) is 0 Å². The van der Waals surface area contributed by atoms with Crippen LogP contribution in [-0.2, 0) is 6.61 Å². The van der Waals surface area contributed by atoms with Crippen molar-refractivity contribution >= 4 is 0 Å². The van der Waals surface area contributed by atoms with Crippen LogP contribution in [0, 0.1) is 0 Å². The molecule has 0 fully saturated rings. The van der Waals surface area contributed by atoms with Gasteiger partial charge in [0.05, 0.1) is 6.04 Å². The average Bonchev–Trinajstić information content (AvgIpc) is 2.45. The zero-order valence-electron chi connectivity index (χ0n) is 10.3. The van der Waals surface area contributed by atoms with Crippen molar-refractivity contribution in [2.75, 3.05) is 0 Å². The molecule has 0 heterocycles. The summed E-state index contributed by atoms with van der Waals surface area (Å²) in [7, 11) is 0. The van der Waals surface area contributed by atoms with Crippen LogP contribution in [0.25, 0.3) is 0 Å². The van der Waals surface area contributed by atoms with E-state index in [4.69, 9.17) is 10.5 Å². The number of rotatable bonds is 5. The van der Waals surface area contributed by atoms with Crippen LogP contribution in [0.15, 0.2) is 67.3 Å². The van der Waals surface area contributed by atoms with Crippen LogP contribution in [-0.4, -0.2) is 0 Å². The predicted molar refractivity (Wildman–Crippen MR) is 74.3 cm³/mol. The van der Waals surface area contributed by atoms with E-state index in [-0.39, 0.29) is 6.04 Å². The highest BCUT2D eigenvalue weighted by molar-refractivity contribution is 5.37. The maximum atomic E-state index is 5.97. The van der Waals surface area contributed by atoms with Gasteiger partial charge in [-0.2, -0.15) is 0 Å². The van der Waals surface area contributed by atoms with Crippen molar-refractivity contribution < 1.29 is 4.74 Å². The minimum atomic E-state index is -0.197. The highest BCUT2D eigenvalue weighted by atomic mass is 16.5. The van der Waals surface area contributed by atoms with Crippen molar-refractivity contribution in [3.63, 3.8) is 0 Å². The molecule has 2 aromatic rings. The van der Waals surface area contributed by atoms with E-state index >= 15 is 0 Å². The summed E-state index contributed by atoms with van der Waals surface area (Å²) in [4.78, 5) is 0. The van der Waals surface area contributed by atoms with Gasteiger partial charge in [-0.3, -0.25) is 0 Å². The Morgan fingerprint density at radius 1 is 1.06 bits per heavy atom. The molecule has 92 valence electrons. The molecule has 2 rings (SSSR count). The molecule has 2 N–H and O–H groups in total. The summed E-state index contributed by atoms with van der Waals surface area (Å²) in [6.45, 7) is 4.26. The second kappa shape index (κ2) is 6.03. The molecule has 0 amide bonds. The van der Waals surface area contributed by atoms with E-state index in [0.29, 0.717) is 6.61 Å². The van der Waals surface area contributed by atoms with Crippen molar-refractivity contribution in [2.45, 2.75) is 12.6 Å². The molecule has 0 saturated carbocycles. The molecule has 2 aromatic carbocycles. The van der Waals surface area contributed by atoms with Crippen molar-refractivity contribution in [3.05, 3.63) is 78.4 Å². The lowest BCUT2D eigenvalue weighted by Gasteiger charge is -2.14. The minimum Gasteiger partial charge on any atom is -0.489 e. The molecule has 0 radical (unpaired) electrons. The van der Waals surface area contributed by atoms with Crippen LogP contribution >= 0.6 is 0 Å². The van der Waals surface area contributed by atoms with Gasteiger partial charge in [0.25, 0.3) is 0 Å². The zero-order chi connectivity index (χ0) is 12.8. The number of para-hydroxylation sites is 1. The standard InChI is InChI=1S/C16H17NO/c1-2-15(17)14-10-6-7-11-16(14)18-12-13-8-4-3-5-9-13/h2-11,15H,1,12,17H2/t15-/m0/s1. The Hall–Kier alpha value is -2.06. The lowest BCUT2D eigenvalue weighted by Crippen LogP contribution is -2.09. The molecular weight excluding hydrogens is 222 g/mol. The summed E-state index contributed by atoms with van der Waals surface area (Å²) in [6, 6.07) is 17.7. The van der Waals surface area contributed by atoms with E-state index in [1.807, 2.05) is 54.6 Å². The molecule has 2 nitrogen and oxygen atoms in total. The smallest absolute Gasteiger partial charge is 0.124 e. The molecule has 1 atom stereocenters. The summed E-state index contributed by atoms with van der Waals surface area (Å²) in [5.74, 6) is 0.814. The van der Waals surface area contributed by atoms with Gasteiger partial charge < -0.3 is 10.5 Å². The maximum Gasteiger partial charge on any atom is 0.124 e. The first kappa shape index (κ1) is 12.4. The van der Waals surface area contributed by atoms with Crippen molar-refractivity contribution in [3.8, 4) is 5.75 Å². The second-order valence-electron chi connectivity index (χ2n) is 4.07. The fraction of sp³-hybridized carbons (Fsp3) is 0.125. The maximum absolute atomic E-state index is 5.97. The first-order valence-electron chi connectivity index (χ1n) is 5.95. The third-order valence-corrected chi connectivity index (χ3v) is 2.77. The molecule has 2 heteroatoms. The van der Waals surface area contributed by atoms with Gasteiger partial charge >= 0.3 is 0 Å². The number of benzene rings is 2. The Morgan fingerprint density at radius 2 is 1.72 bits per heavy atom. The van der Waals surface area contributed by atoms with Gasteiger partial charge in [0.1, 0.15) is 12.4 Å². The lowest BCUT2D eigenvalue weighted by atomic mass is 10.1. The van der Waals surface area contributed by atoms with Gasteiger partial charge in [-0.25, -0.2) is 0 Å². The molecule has 0 aliphatic heterocycles. The summed E-state index contributed by atoms with van der Waals surface area (Å²) < 4.78 is 5.82. The molecule has 0 saturated heterocycles. The summed E-state index contributed by atoms with van der Waals surface area (Å²) in [5, 5.41) is 0. The van der Waals surface area contributed by atoms with Crippen LogP contribution in [0.3, 0.4) is 0 Å².